The molecule has 0 radical (unpaired) electrons. The summed E-state index contributed by atoms with van der Waals surface area (Å²) in [5.74, 6) is 0.634. The number of aromatic nitrogens is 2. The van der Waals surface area contributed by atoms with Crippen molar-refractivity contribution in [1.82, 2.24) is 14.3 Å². The maximum absolute atomic E-state index is 13.4. The number of amides is 1. The van der Waals surface area contributed by atoms with Crippen LogP contribution in [0.2, 0.25) is 0 Å². The number of thiocarbonyl (C=S) groups is 1. The smallest absolute Gasteiger partial charge is 0.267 e. The number of anilines is 1. The summed E-state index contributed by atoms with van der Waals surface area (Å²) >= 11 is 6.76. The SMILES string of the molecule is Cc1cccn2c(=O)c(/C=C3\SC(=S)N([C@H](C)c4ccccc4)C3=O)c(NCC(C)C)nc12. The van der Waals surface area contributed by atoms with Crippen LogP contribution in [-0.4, -0.2) is 31.1 Å². The van der Waals surface area contributed by atoms with E-state index in [1.807, 2.05) is 56.3 Å². The molecule has 3 aromatic rings. The molecule has 0 spiro atoms. The van der Waals surface area contributed by atoms with Gasteiger partial charge in [0.2, 0.25) is 0 Å². The van der Waals surface area contributed by atoms with Crippen molar-refractivity contribution < 1.29 is 4.79 Å². The highest BCUT2D eigenvalue weighted by atomic mass is 32.2. The lowest BCUT2D eigenvalue weighted by Crippen LogP contribution is -2.31. The summed E-state index contributed by atoms with van der Waals surface area (Å²) in [6.07, 6.45) is 3.33. The van der Waals surface area contributed by atoms with Crippen molar-refractivity contribution >= 4 is 51.7 Å². The van der Waals surface area contributed by atoms with Crippen LogP contribution in [-0.2, 0) is 4.79 Å². The molecule has 1 aliphatic heterocycles. The highest BCUT2D eigenvalue weighted by molar-refractivity contribution is 8.26. The minimum absolute atomic E-state index is 0.204. The van der Waals surface area contributed by atoms with Gasteiger partial charge in [-0.25, -0.2) is 4.98 Å². The number of rotatable bonds is 6. The maximum atomic E-state index is 13.4. The van der Waals surface area contributed by atoms with Crippen LogP contribution in [0.1, 0.15) is 43.5 Å². The number of hydrogen-bond acceptors (Lipinski definition) is 6. The molecule has 1 saturated heterocycles. The topological polar surface area (TPSA) is 66.7 Å². The summed E-state index contributed by atoms with van der Waals surface area (Å²) < 4.78 is 2.00. The first-order valence-electron chi connectivity index (χ1n) is 10.9. The predicted molar refractivity (Wildman–Crippen MR) is 139 cm³/mol. The third-order valence-corrected chi connectivity index (χ3v) is 6.86. The second kappa shape index (κ2) is 9.49. The molecule has 2 aromatic heterocycles. The van der Waals surface area contributed by atoms with Crippen molar-refractivity contribution in [1.29, 1.82) is 0 Å². The minimum Gasteiger partial charge on any atom is -0.369 e. The van der Waals surface area contributed by atoms with E-state index in [4.69, 9.17) is 17.2 Å². The molecule has 4 rings (SSSR count). The van der Waals surface area contributed by atoms with Gasteiger partial charge in [-0.05, 0) is 43.0 Å². The maximum Gasteiger partial charge on any atom is 0.267 e. The molecular weight excluding hydrogens is 452 g/mol. The van der Waals surface area contributed by atoms with Gasteiger partial charge in [-0.15, -0.1) is 0 Å². The number of aryl methyl sites for hydroxylation is 1. The van der Waals surface area contributed by atoms with Crippen molar-refractivity contribution in [3.63, 3.8) is 0 Å². The van der Waals surface area contributed by atoms with Crippen LogP contribution in [0.4, 0.5) is 5.82 Å². The number of benzene rings is 1. The number of nitrogens with one attached hydrogen (secondary N) is 1. The Morgan fingerprint density at radius 1 is 1.12 bits per heavy atom. The highest BCUT2D eigenvalue weighted by Gasteiger charge is 2.36. The fourth-order valence-electron chi connectivity index (χ4n) is 3.70. The van der Waals surface area contributed by atoms with E-state index in [1.54, 1.807) is 17.2 Å². The molecule has 8 heteroatoms. The predicted octanol–water partition coefficient (Wildman–Crippen LogP) is 5.03. The van der Waals surface area contributed by atoms with Gasteiger partial charge in [0.05, 0.1) is 16.5 Å². The van der Waals surface area contributed by atoms with Crippen LogP contribution in [0.5, 0.6) is 0 Å². The lowest BCUT2D eigenvalue weighted by molar-refractivity contribution is -0.123. The largest absolute Gasteiger partial charge is 0.369 e. The standard InChI is InChI=1S/C25H26N4O2S2/c1-15(2)14-26-21-19(23(30)28-12-8-9-16(3)22(28)27-21)13-20-24(31)29(25(32)33-20)17(4)18-10-6-5-7-11-18/h5-13,15,17,26H,14H2,1-4H3/b20-13-/t17-/m1/s1. The summed E-state index contributed by atoms with van der Waals surface area (Å²) in [7, 11) is 0. The Labute approximate surface area is 202 Å². The molecule has 6 nitrogen and oxygen atoms in total. The van der Waals surface area contributed by atoms with Gasteiger partial charge in [-0.3, -0.25) is 18.9 Å². The fraction of sp³-hybridized carbons (Fsp3) is 0.280. The van der Waals surface area contributed by atoms with Crippen molar-refractivity contribution in [2.75, 3.05) is 11.9 Å². The monoisotopic (exact) mass is 478 g/mol. The molecule has 1 N–H and O–H groups in total. The zero-order valence-corrected chi connectivity index (χ0v) is 20.7. The van der Waals surface area contributed by atoms with Gasteiger partial charge >= 0.3 is 0 Å². The van der Waals surface area contributed by atoms with Gasteiger partial charge in [-0.2, -0.15) is 0 Å². The van der Waals surface area contributed by atoms with Gasteiger partial charge in [0.1, 0.15) is 15.8 Å². The first kappa shape index (κ1) is 23.2. The zero-order valence-electron chi connectivity index (χ0n) is 19.0. The number of fused-ring (bicyclic) bond motifs is 1. The Hall–Kier alpha value is -2.97. The fourth-order valence-corrected chi connectivity index (χ4v) is 5.10. The molecule has 0 aliphatic carbocycles. The van der Waals surface area contributed by atoms with E-state index < -0.39 is 0 Å². The number of carbonyl (C=O) groups excluding carboxylic acids is 1. The third kappa shape index (κ3) is 4.58. The van der Waals surface area contributed by atoms with Crippen molar-refractivity contribution in [2.24, 2.45) is 5.92 Å². The van der Waals surface area contributed by atoms with Crippen LogP contribution in [0.3, 0.4) is 0 Å². The lowest BCUT2D eigenvalue weighted by atomic mass is 10.1. The number of hydrogen-bond donors (Lipinski definition) is 1. The van der Waals surface area contributed by atoms with E-state index in [-0.39, 0.29) is 17.5 Å². The summed E-state index contributed by atoms with van der Waals surface area (Å²) in [6, 6.07) is 13.3. The van der Waals surface area contributed by atoms with E-state index >= 15 is 0 Å². The molecule has 1 aromatic carbocycles. The van der Waals surface area contributed by atoms with Crippen molar-refractivity contribution in [3.8, 4) is 0 Å². The number of carbonyl (C=O) groups is 1. The van der Waals surface area contributed by atoms with Crippen LogP contribution in [0, 0.1) is 12.8 Å². The summed E-state index contributed by atoms with van der Waals surface area (Å²) in [5.41, 5.74) is 2.62. The summed E-state index contributed by atoms with van der Waals surface area (Å²) in [4.78, 5) is 33.5. The molecule has 1 amide bonds. The van der Waals surface area contributed by atoms with Crippen LogP contribution in [0.25, 0.3) is 11.7 Å². The molecule has 0 bridgehead atoms. The van der Waals surface area contributed by atoms with E-state index in [0.29, 0.717) is 38.7 Å². The van der Waals surface area contributed by atoms with Crippen LogP contribution >= 0.6 is 24.0 Å². The number of nitrogens with zero attached hydrogens (tertiary/aromatic N) is 3. The van der Waals surface area contributed by atoms with E-state index in [0.717, 1.165) is 11.1 Å². The normalized spacial score (nSPS) is 16.3. The van der Waals surface area contributed by atoms with E-state index in [9.17, 15) is 9.59 Å². The van der Waals surface area contributed by atoms with Crippen LogP contribution in [0.15, 0.2) is 58.4 Å². The van der Waals surface area contributed by atoms with Crippen LogP contribution < -0.4 is 10.9 Å². The Balaban J connectivity index is 1.78. The Morgan fingerprint density at radius 3 is 2.55 bits per heavy atom. The van der Waals surface area contributed by atoms with Gasteiger partial charge in [0.15, 0.2) is 0 Å². The van der Waals surface area contributed by atoms with Gasteiger partial charge in [0.25, 0.3) is 11.5 Å². The first-order valence-corrected chi connectivity index (χ1v) is 12.1. The van der Waals surface area contributed by atoms with Gasteiger partial charge in [0, 0.05) is 12.7 Å². The molecule has 1 fully saturated rings. The number of thioether (sulfide) groups is 1. The average molecular weight is 479 g/mol. The molecule has 1 atom stereocenters. The lowest BCUT2D eigenvalue weighted by Gasteiger charge is -2.23. The quantitative estimate of drug-likeness (QED) is 0.396. The Morgan fingerprint density at radius 2 is 1.85 bits per heavy atom. The summed E-state index contributed by atoms with van der Waals surface area (Å²) in [6.45, 7) is 8.70. The highest BCUT2D eigenvalue weighted by Crippen LogP contribution is 2.38. The van der Waals surface area contributed by atoms with E-state index in [1.165, 1.54) is 16.2 Å². The molecule has 0 saturated carbocycles. The third-order valence-electron chi connectivity index (χ3n) is 5.53. The average Bonchev–Trinajstić information content (AvgIpc) is 3.07. The molecule has 170 valence electrons. The van der Waals surface area contributed by atoms with Crippen molar-refractivity contribution in [2.45, 2.75) is 33.7 Å². The molecule has 1 aliphatic rings. The molecular formula is C25H26N4O2S2. The number of pyridine rings is 1. The second-order valence-electron chi connectivity index (χ2n) is 8.48. The van der Waals surface area contributed by atoms with E-state index in [2.05, 4.69) is 19.2 Å². The summed E-state index contributed by atoms with van der Waals surface area (Å²) in [5, 5.41) is 3.30. The van der Waals surface area contributed by atoms with Gasteiger partial charge in [-0.1, -0.05) is 74.2 Å². The van der Waals surface area contributed by atoms with Gasteiger partial charge < -0.3 is 5.32 Å². The molecule has 0 unspecified atom stereocenters. The zero-order chi connectivity index (χ0) is 23.7. The second-order valence-corrected chi connectivity index (χ2v) is 10.2. The Kier molecular flexibility index (Phi) is 6.67. The molecule has 33 heavy (non-hydrogen) atoms. The molecule has 3 heterocycles. The van der Waals surface area contributed by atoms with Crippen molar-refractivity contribution in [3.05, 3.63) is 80.6 Å². The first-order chi connectivity index (χ1) is 15.8. The minimum atomic E-state index is -0.226. The Bertz CT molecular complexity index is 1320.